The third kappa shape index (κ3) is 2.43. The molecule has 2 rings (SSSR count). The van der Waals surface area contributed by atoms with E-state index in [1.165, 1.54) is 45.3 Å². The second-order valence-electron chi connectivity index (χ2n) is 6.32. The number of nitrogens with zero attached hydrogens (tertiary/aromatic N) is 1. The summed E-state index contributed by atoms with van der Waals surface area (Å²) >= 11 is 0. The van der Waals surface area contributed by atoms with Crippen LogP contribution in [0.25, 0.3) is 0 Å². The summed E-state index contributed by atoms with van der Waals surface area (Å²) in [6, 6.07) is 0. The van der Waals surface area contributed by atoms with Crippen molar-refractivity contribution >= 4 is 0 Å². The van der Waals surface area contributed by atoms with Crippen molar-refractivity contribution in [2.45, 2.75) is 46.0 Å². The molecule has 0 aromatic carbocycles. The van der Waals surface area contributed by atoms with Crippen molar-refractivity contribution in [2.24, 2.45) is 17.3 Å². The number of likely N-dealkylation sites (tertiary alicyclic amines) is 1. The fraction of sp³-hybridized carbons (Fsp3) is 1.00. The highest BCUT2D eigenvalue weighted by Gasteiger charge is 2.47. The first kappa shape index (κ1) is 12.4. The summed E-state index contributed by atoms with van der Waals surface area (Å²) in [4.78, 5) is 2.66. The molecular weight excluding hydrogens is 198 g/mol. The Balaban J connectivity index is 1.79. The van der Waals surface area contributed by atoms with Crippen LogP contribution in [0.1, 0.15) is 46.0 Å². The van der Waals surface area contributed by atoms with Crippen LogP contribution in [0.4, 0.5) is 0 Å². The summed E-state index contributed by atoms with van der Waals surface area (Å²) in [7, 11) is 0. The molecule has 94 valence electrons. The van der Waals surface area contributed by atoms with Gasteiger partial charge in [0, 0.05) is 13.2 Å². The first-order valence-electron chi connectivity index (χ1n) is 6.98. The van der Waals surface area contributed by atoms with Gasteiger partial charge in [0.05, 0.1) is 0 Å². The number of hydrogen-bond donors (Lipinski definition) is 1. The monoisotopic (exact) mass is 225 g/mol. The van der Waals surface area contributed by atoms with Crippen molar-refractivity contribution in [1.82, 2.24) is 4.90 Å². The molecule has 0 spiro atoms. The smallest absolute Gasteiger partial charge is 0.0433 e. The zero-order valence-electron chi connectivity index (χ0n) is 10.9. The molecule has 2 aliphatic rings. The number of rotatable bonds is 4. The predicted molar refractivity (Wildman–Crippen MR) is 67.4 cm³/mol. The highest BCUT2D eigenvalue weighted by Crippen LogP contribution is 2.53. The van der Waals surface area contributed by atoms with E-state index >= 15 is 0 Å². The van der Waals surface area contributed by atoms with Crippen LogP contribution in [0.15, 0.2) is 0 Å². The van der Waals surface area contributed by atoms with Crippen LogP contribution in [0.3, 0.4) is 0 Å². The topological polar surface area (TPSA) is 23.5 Å². The molecule has 0 amide bonds. The summed E-state index contributed by atoms with van der Waals surface area (Å²) < 4.78 is 0. The fourth-order valence-electron chi connectivity index (χ4n) is 3.53. The van der Waals surface area contributed by atoms with Crippen LogP contribution < -0.4 is 0 Å². The molecule has 1 saturated heterocycles. The standard InChI is InChI=1S/C14H27NO/c1-14(2)12(6-9-16)10-13(14)11-15-7-4-3-5-8-15/h12-13,16H,3-11H2,1-2H3. The number of piperidine rings is 1. The van der Waals surface area contributed by atoms with Gasteiger partial charge >= 0.3 is 0 Å². The highest BCUT2D eigenvalue weighted by molar-refractivity contribution is 4.97. The first-order valence-corrected chi connectivity index (χ1v) is 6.98. The van der Waals surface area contributed by atoms with Crippen molar-refractivity contribution in [1.29, 1.82) is 0 Å². The Morgan fingerprint density at radius 3 is 2.38 bits per heavy atom. The third-order valence-electron chi connectivity index (χ3n) is 5.08. The minimum absolute atomic E-state index is 0.366. The Morgan fingerprint density at radius 2 is 1.81 bits per heavy atom. The molecule has 0 aromatic rings. The average Bonchev–Trinajstić information content (AvgIpc) is 2.29. The summed E-state index contributed by atoms with van der Waals surface area (Å²) in [5.74, 6) is 1.62. The Kier molecular flexibility index (Phi) is 3.91. The van der Waals surface area contributed by atoms with Crippen molar-refractivity contribution < 1.29 is 5.11 Å². The second kappa shape index (κ2) is 5.05. The lowest BCUT2D eigenvalue weighted by Crippen LogP contribution is -2.51. The Labute approximate surface area is 100 Å². The molecule has 1 saturated carbocycles. The van der Waals surface area contributed by atoms with Gasteiger partial charge in [0.25, 0.3) is 0 Å². The number of aliphatic hydroxyl groups is 1. The van der Waals surface area contributed by atoms with E-state index in [0.717, 1.165) is 18.3 Å². The van der Waals surface area contributed by atoms with Gasteiger partial charge in [0.1, 0.15) is 0 Å². The van der Waals surface area contributed by atoms with Gasteiger partial charge in [-0.3, -0.25) is 0 Å². The van der Waals surface area contributed by atoms with Crippen molar-refractivity contribution in [3.63, 3.8) is 0 Å². The van der Waals surface area contributed by atoms with Gasteiger partial charge in [-0.05, 0) is 56.0 Å². The molecule has 1 aliphatic carbocycles. The SMILES string of the molecule is CC1(C)C(CCO)CC1CN1CCCCC1. The summed E-state index contributed by atoms with van der Waals surface area (Å²) in [6.45, 7) is 9.09. The van der Waals surface area contributed by atoms with Gasteiger partial charge in [-0.15, -0.1) is 0 Å². The van der Waals surface area contributed by atoms with Crippen molar-refractivity contribution in [3.8, 4) is 0 Å². The van der Waals surface area contributed by atoms with Gasteiger partial charge in [-0.1, -0.05) is 20.3 Å². The molecule has 2 fully saturated rings. The van der Waals surface area contributed by atoms with Gasteiger partial charge in [-0.25, -0.2) is 0 Å². The van der Waals surface area contributed by atoms with Crippen LogP contribution >= 0.6 is 0 Å². The molecule has 2 unspecified atom stereocenters. The average molecular weight is 225 g/mol. The Morgan fingerprint density at radius 1 is 1.12 bits per heavy atom. The minimum Gasteiger partial charge on any atom is -0.396 e. The lowest BCUT2D eigenvalue weighted by Gasteiger charge is -2.54. The van der Waals surface area contributed by atoms with E-state index in [1.807, 2.05) is 0 Å². The maximum Gasteiger partial charge on any atom is 0.0433 e. The molecule has 2 heteroatoms. The molecule has 1 aliphatic heterocycles. The molecule has 0 radical (unpaired) electrons. The van der Waals surface area contributed by atoms with E-state index in [2.05, 4.69) is 18.7 Å². The summed E-state index contributed by atoms with van der Waals surface area (Å²) in [5, 5.41) is 9.03. The Bertz CT molecular complexity index is 221. The second-order valence-corrected chi connectivity index (χ2v) is 6.32. The van der Waals surface area contributed by atoms with Crippen LogP contribution in [-0.4, -0.2) is 36.2 Å². The predicted octanol–water partition coefficient (Wildman–Crippen LogP) is 2.52. The van der Waals surface area contributed by atoms with Gasteiger partial charge in [-0.2, -0.15) is 0 Å². The maximum absolute atomic E-state index is 9.03. The van der Waals surface area contributed by atoms with Crippen LogP contribution in [0.2, 0.25) is 0 Å². The van der Waals surface area contributed by atoms with E-state index in [0.29, 0.717) is 12.0 Å². The molecule has 1 N–H and O–H groups in total. The zero-order valence-corrected chi connectivity index (χ0v) is 10.9. The summed E-state index contributed by atoms with van der Waals surface area (Å²) in [5.41, 5.74) is 0.459. The van der Waals surface area contributed by atoms with Crippen LogP contribution in [0, 0.1) is 17.3 Å². The third-order valence-corrected chi connectivity index (χ3v) is 5.08. The van der Waals surface area contributed by atoms with Gasteiger partial charge < -0.3 is 10.0 Å². The van der Waals surface area contributed by atoms with E-state index in [-0.39, 0.29) is 0 Å². The number of hydrogen-bond acceptors (Lipinski definition) is 2. The highest BCUT2D eigenvalue weighted by atomic mass is 16.3. The quantitative estimate of drug-likeness (QED) is 0.794. The lowest BCUT2D eigenvalue weighted by molar-refractivity contribution is -0.0527. The van der Waals surface area contributed by atoms with E-state index in [1.54, 1.807) is 0 Å². The Hall–Kier alpha value is -0.0800. The van der Waals surface area contributed by atoms with Crippen molar-refractivity contribution in [3.05, 3.63) is 0 Å². The molecular formula is C14H27NO. The van der Waals surface area contributed by atoms with Gasteiger partial charge in [0.2, 0.25) is 0 Å². The molecule has 1 heterocycles. The largest absolute Gasteiger partial charge is 0.396 e. The zero-order chi connectivity index (χ0) is 11.6. The van der Waals surface area contributed by atoms with Crippen molar-refractivity contribution in [2.75, 3.05) is 26.2 Å². The molecule has 16 heavy (non-hydrogen) atoms. The molecule has 0 aromatic heterocycles. The van der Waals surface area contributed by atoms with E-state index < -0.39 is 0 Å². The van der Waals surface area contributed by atoms with E-state index in [4.69, 9.17) is 5.11 Å². The minimum atomic E-state index is 0.366. The molecule has 2 atom stereocenters. The first-order chi connectivity index (χ1) is 7.64. The fourth-order valence-corrected chi connectivity index (χ4v) is 3.53. The van der Waals surface area contributed by atoms with Crippen LogP contribution in [-0.2, 0) is 0 Å². The van der Waals surface area contributed by atoms with Crippen LogP contribution in [0.5, 0.6) is 0 Å². The van der Waals surface area contributed by atoms with E-state index in [9.17, 15) is 0 Å². The summed E-state index contributed by atoms with van der Waals surface area (Å²) in [6.07, 6.45) is 6.56. The lowest BCUT2D eigenvalue weighted by atomic mass is 9.53. The maximum atomic E-state index is 9.03. The number of aliphatic hydroxyl groups excluding tert-OH is 1. The molecule has 0 bridgehead atoms. The normalized spacial score (nSPS) is 34.7. The van der Waals surface area contributed by atoms with Gasteiger partial charge in [0.15, 0.2) is 0 Å². The molecule has 2 nitrogen and oxygen atoms in total.